The lowest BCUT2D eigenvalue weighted by Gasteiger charge is -2.34. The van der Waals surface area contributed by atoms with Crippen molar-refractivity contribution < 1.29 is 14.8 Å². The number of β-amino-alcohol motifs (C(OH)–C–C–N with tert-alkyl or cyclic N) is 1. The maximum atomic E-state index is 12.5. The number of nitrogens with one attached hydrogen (secondary N) is 1. The first-order chi connectivity index (χ1) is 9.93. The number of nitro benzene ring substituents is 1. The van der Waals surface area contributed by atoms with Gasteiger partial charge in [-0.2, -0.15) is 0 Å². The van der Waals surface area contributed by atoms with Gasteiger partial charge in [-0.1, -0.05) is 6.92 Å². The zero-order valence-corrected chi connectivity index (χ0v) is 11.7. The molecule has 1 aliphatic heterocycles. The van der Waals surface area contributed by atoms with E-state index in [9.17, 15) is 20.0 Å². The first-order valence-electron chi connectivity index (χ1n) is 6.66. The quantitative estimate of drug-likeness (QED) is 0.429. The van der Waals surface area contributed by atoms with Gasteiger partial charge in [0.05, 0.1) is 22.3 Å². The number of amides is 1. The molecule has 2 atom stereocenters. The van der Waals surface area contributed by atoms with Crippen molar-refractivity contribution in [3.8, 4) is 0 Å². The highest BCUT2D eigenvalue weighted by Crippen LogP contribution is 2.25. The third-order valence-corrected chi connectivity index (χ3v) is 3.81. The zero-order valence-electron chi connectivity index (χ0n) is 11.7. The number of non-ortho nitro benzene ring substituents is 1. The van der Waals surface area contributed by atoms with Crippen LogP contribution in [0.15, 0.2) is 18.2 Å². The van der Waals surface area contributed by atoms with Crippen molar-refractivity contribution in [3.05, 3.63) is 33.9 Å². The Bertz CT molecular complexity index is 563. The molecule has 2 unspecified atom stereocenters. The second kappa shape index (κ2) is 6.06. The predicted molar refractivity (Wildman–Crippen MR) is 76.6 cm³/mol. The van der Waals surface area contributed by atoms with Crippen molar-refractivity contribution in [2.45, 2.75) is 19.4 Å². The summed E-state index contributed by atoms with van der Waals surface area (Å²) in [4.78, 5) is 24.3. The molecule has 8 nitrogen and oxygen atoms in total. The third kappa shape index (κ3) is 3.11. The zero-order chi connectivity index (χ0) is 15.6. The standard InChI is InChI=1S/C13H18N4O4/c1-8-4-5-16(7-12(8)18)13(19)10-6-9(17(20)21)2-3-11(10)15-14/h2-3,6,8,12,15,18H,4-5,7,14H2,1H3. The molecule has 0 aliphatic carbocycles. The maximum absolute atomic E-state index is 12.5. The fourth-order valence-corrected chi connectivity index (χ4v) is 2.35. The van der Waals surface area contributed by atoms with Crippen LogP contribution in [0.2, 0.25) is 0 Å². The maximum Gasteiger partial charge on any atom is 0.270 e. The van der Waals surface area contributed by atoms with Gasteiger partial charge in [-0.05, 0) is 18.4 Å². The number of hydrazine groups is 1. The number of nitro groups is 1. The highest BCUT2D eigenvalue weighted by molar-refractivity contribution is 6.00. The van der Waals surface area contributed by atoms with Crippen molar-refractivity contribution >= 4 is 17.3 Å². The average Bonchev–Trinajstić information content (AvgIpc) is 2.48. The molecule has 0 spiro atoms. The summed E-state index contributed by atoms with van der Waals surface area (Å²) in [6.07, 6.45) is 0.100. The molecule has 1 heterocycles. The number of piperidine rings is 1. The molecule has 1 fully saturated rings. The number of benzene rings is 1. The van der Waals surface area contributed by atoms with Crippen molar-refractivity contribution in [2.75, 3.05) is 18.5 Å². The number of aliphatic hydroxyl groups is 1. The number of carbonyl (C=O) groups excluding carboxylic acids is 1. The van der Waals surface area contributed by atoms with Gasteiger partial charge in [0.15, 0.2) is 0 Å². The van der Waals surface area contributed by atoms with E-state index in [1.54, 1.807) is 0 Å². The minimum absolute atomic E-state index is 0.131. The Morgan fingerprint density at radius 1 is 1.57 bits per heavy atom. The van der Waals surface area contributed by atoms with Crippen LogP contribution >= 0.6 is 0 Å². The molecule has 114 valence electrons. The highest BCUT2D eigenvalue weighted by atomic mass is 16.6. The number of nitrogens with two attached hydrogens (primary N) is 1. The molecule has 1 aromatic carbocycles. The van der Waals surface area contributed by atoms with E-state index >= 15 is 0 Å². The molecule has 1 amide bonds. The summed E-state index contributed by atoms with van der Waals surface area (Å²) < 4.78 is 0. The number of aliphatic hydroxyl groups excluding tert-OH is 1. The van der Waals surface area contributed by atoms with Gasteiger partial charge in [-0.15, -0.1) is 0 Å². The number of carbonyl (C=O) groups is 1. The summed E-state index contributed by atoms with van der Waals surface area (Å²) in [5.74, 6) is 5.11. The van der Waals surface area contributed by atoms with Crippen molar-refractivity contribution in [2.24, 2.45) is 11.8 Å². The fourth-order valence-electron chi connectivity index (χ4n) is 2.35. The largest absolute Gasteiger partial charge is 0.391 e. The lowest BCUT2D eigenvalue weighted by Crippen LogP contribution is -2.46. The van der Waals surface area contributed by atoms with Crippen LogP contribution < -0.4 is 11.3 Å². The second-order valence-corrected chi connectivity index (χ2v) is 5.22. The van der Waals surface area contributed by atoms with Crippen LogP contribution in [0.4, 0.5) is 11.4 Å². The molecule has 1 saturated heterocycles. The predicted octanol–water partition coefficient (Wildman–Crippen LogP) is 0.723. The smallest absolute Gasteiger partial charge is 0.270 e. The number of nitrogen functional groups attached to an aromatic ring is 1. The Hall–Kier alpha value is -2.19. The summed E-state index contributed by atoms with van der Waals surface area (Å²) in [5, 5.41) is 20.7. The van der Waals surface area contributed by atoms with E-state index < -0.39 is 11.0 Å². The molecule has 2 rings (SSSR count). The van der Waals surface area contributed by atoms with E-state index in [2.05, 4.69) is 5.43 Å². The van der Waals surface area contributed by atoms with E-state index in [1.165, 1.54) is 23.1 Å². The van der Waals surface area contributed by atoms with Crippen molar-refractivity contribution in [1.82, 2.24) is 4.90 Å². The lowest BCUT2D eigenvalue weighted by atomic mass is 9.95. The number of nitrogens with zero attached hydrogens (tertiary/aromatic N) is 2. The molecule has 0 saturated carbocycles. The van der Waals surface area contributed by atoms with Crippen LogP contribution in [-0.4, -0.2) is 40.0 Å². The Labute approximate surface area is 121 Å². The van der Waals surface area contributed by atoms with E-state index in [-0.39, 0.29) is 29.6 Å². The Kier molecular flexibility index (Phi) is 4.39. The van der Waals surface area contributed by atoms with Gasteiger partial charge in [-0.25, -0.2) is 0 Å². The summed E-state index contributed by atoms with van der Waals surface area (Å²) in [5.41, 5.74) is 2.64. The van der Waals surface area contributed by atoms with E-state index in [1.807, 2.05) is 6.92 Å². The summed E-state index contributed by atoms with van der Waals surface area (Å²) in [6, 6.07) is 3.87. The van der Waals surface area contributed by atoms with E-state index in [0.717, 1.165) is 0 Å². The third-order valence-electron chi connectivity index (χ3n) is 3.81. The summed E-state index contributed by atoms with van der Waals surface area (Å²) in [6.45, 7) is 2.64. The topological polar surface area (TPSA) is 122 Å². The molecule has 8 heteroatoms. The average molecular weight is 294 g/mol. The number of likely N-dealkylation sites (tertiary alicyclic amines) is 1. The number of rotatable bonds is 3. The van der Waals surface area contributed by atoms with E-state index in [0.29, 0.717) is 18.7 Å². The molecule has 4 N–H and O–H groups in total. The monoisotopic (exact) mass is 294 g/mol. The summed E-state index contributed by atoms with van der Waals surface area (Å²) in [7, 11) is 0. The molecular weight excluding hydrogens is 276 g/mol. The van der Waals surface area contributed by atoms with Crippen molar-refractivity contribution in [3.63, 3.8) is 0 Å². The molecular formula is C13H18N4O4. The van der Waals surface area contributed by atoms with Crippen LogP contribution in [0.3, 0.4) is 0 Å². The summed E-state index contributed by atoms with van der Waals surface area (Å²) >= 11 is 0. The van der Waals surface area contributed by atoms with Crippen LogP contribution in [-0.2, 0) is 0 Å². The molecule has 0 aromatic heterocycles. The molecule has 1 aliphatic rings. The van der Waals surface area contributed by atoms with Gasteiger partial charge in [0.2, 0.25) is 0 Å². The van der Waals surface area contributed by atoms with Gasteiger partial charge in [0.25, 0.3) is 11.6 Å². The number of hydrogen-bond acceptors (Lipinski definition) is 6. The van der Waals surface area contributed by atoms with Crippen LogP contribution in [0.5, 0.6) is 0 Å². The Morgan fingerprint density at radius 3 is 2.86 bits per heavy atom. The van der Waals surface area contributed by atoms with Crippen molar-refractivity contribution in [1.29, 1.82) is 0 Å². The van der Waals surface area contributed by atoms with Gasteiger partial charge in [0.1, 0.15) is 0 Å². The number of anilines is 1. The van der Waals surface area contributed by atoms with Gasteiger partial charge < -0.3 is 15.4 Å². The van der Waals surface area contributed by atoms with E-state index in [4.69, 9.17) is 5.84 Å². The molecule has 0 bridgehead atoms. The van der Waals surface area contributed by atoms with Gasteiger partial charge >= 0.3 is 0 Å². The molecule has 0 radical (unpaired) electrons. The SMILES string of the molecule is CC1CCN(C(=O)c2cc([N+](=O)[O-])ccc2NN)CC1O. The lowest BCUT2D eigenvalue weighted by molar-refractivity contribution is -0.384. The minimum Gasteiger partial charge on any atom is -0.391 e. The first-order valence-corrected chi connectivity index (χ1v) is 6.66. The highest BCUT2D eigenvalue weighted by Gasteiger charge is 2.29. The van der Waals surface area contributed by atoms with Crippen LogP contribution in [0.1, 0.15) is 23.7 Å². The molecule has 21 heavy (non-hydrogen) atoms. The Morgan fingerprint density at radius 2 is 2.29 bits per heavy atom. The van der Waals surface area contributed by atoms with Crippen LogP contribution in [0.25, 0.3) is 0 Å². The Balaban J connectivity index is 2.29. The first kappa shape index (κ1) is 15.2. The normalized spacial score (nSPS) is 22.0. The number of hydrogen-bond donors (Lipinski definition) is 3. The second-order valence-electron chi connectivity index (χ2n) is 5.22. The van der Waals surface area contributed by atoms with Crippen LogP contribution in [0, 0.1) is 16.0 Å². The van der Waals surface area contributed by atoms with Gasteiger partial charge in [-0.3, -0.25) is 20.8 Å². The molecule has 1 aromatic rings. The fraction of sp³-hybridized carbons (Fsp3) is 0.462. The minimum atomic E-state index is -0.587. The van der Waals surface area contributed by atoms with Gasteiger partial charge in [0, 0.05) is 25.2 Å².